The van der Waals surface area contributed by atoms with Gasteiger partial charge in [-0.3, -0.25) is 0 Å². The number of aryl methyl sites for hydroxylation is 2. The van der Waals surface area contributed by atoms with Crippen LogP contribution in [0, 0.1) is 0 Å². The van der Waals surface area contributed by atoms with Crippen molar-refractivity contribution in [1.29, 1.82) is 0 Å². The third-order valence-corrected chi connectivity index (χ3v) is 13.7. The second-order valence-electron chi connectivity index (χ2n) is 16.9. The lowest BCUT2D eigenvalue weighted by Gasteiger charge is -2.32. The summed E-state index contributed by atoms with van der Waals surface area (Å²) in [6.45, 7) is 4.73. The van der Waals surface area contributed by atoms with Crippen LogP contribution in [0.1, 0.15) is 85.3 Å². The first kappa shape index (κ1) is 37.8. The van der Waals surface area contributed by atoms with Crippen LogP contribution in [0.5, 0.6) is 0 Å². The molecule has 294 valence electrons. The van der Waals surface area contributed by atoms with Crippen molar-refractivity contribution in [1.82, 2.24) is 0 Å². The Morgan fingerprint density at radius 1 is 0.533 bits per heavy atom. The summed E-state index contributed by atoms with van der Waals surface area (Å²) in [6, 6.07) is 61.0. The molecule has 0 bridgehead atoms. The highest BCUT2D eigenvalue weighted by Crippen LogP contribution is 2.54. The molecule has 0 aliphatic heterocycles. The van der Waals surface area contributed by atoms with Gasteiger partial charge in [-0.25, -0.2) is 0 Å². The minimum Gasteiger partial charge on any atom is -0.310 e. The smallest absolute Gasteiger partial charge is 0.0465 e. The van der Waals surface area contributed by atoms with Crippen molar-refractivity contribution in [3.05, 3.63) is 227 Å². The summed E-state index contributed by atoms with van der Waals surface area (Å²) in [4.78, 5) is 2.39. The molecule has 0 fully saturated rings. The normalized spacial score (nSPS) is 16.2. The molecule has 60 heavy (non-hydrogen) atoms. The van der Waals surface area contributed by atoms with Gasteiger partial charge in [-0.15, -0.1) is 0 Å². The van der Waals surface area contributed by atoms with Crippen LogP contribution >= 0.6 is 0 Å². The van der Waals surface area contributed by atoms with Crippen LogP contribution < -0.4 is 4.90 Å². The zero-order valence-corrected chi connectivity index (χ0v) is 34.9. The summed E-state index contributed by atoms with van der Waals surface area (Å²) in [6.07, 6.45) is 19.9. The predicted molar refractivity (Wildman–Crippen MR) is 255 cm³/mol. The number of anilines is 3. The third-order valence-electron chi connectivity index (χ3n) is 13.7. The molecule has 1 heteroatoms. The molecule has 0 radical (unpaired) electrons. The van der Waals surface area contributed by atoms with E-state index in [4.69, 9.17) is 0 Å². The molecule has 0 saturated carbocycles. The highest BCUT2D eigenvalue weighted by atomic mass is 15.1. The van der Waals surface area contributed by atoms with E-state index in [-0.39, 0.29) is 5.41 Å². The summed E-state index contributed by atoms with van der Waals surface area (Å²) >= 11 is 0. The monoisotopic (exact) mass is 775 g/mol. The fourth-order valence-electron chi connectivity index (χ4n) is 10.4. The van der Waals surface area contributed by atoms with Crippen molar-refractivity contribution >= 4 is 23.1 Å². The van der Waals surface area contributed by atoms with Gasteiger partial charge < -0.3 is 4.90 Å². The number of fused-ring (bicyclic) bond motifs is 4. The van der Waals surface area contributed by atoms with Crippen molar-refractivity contribution in [3.8, 4) is 33.4 Å². The maximum Gasteiger partial charge on any atom is 0.0465 e. The lowest BCUT2D eigenvalue weighted by atomic mass is 9.73. The van der Waals surface area contributed by atoms with Crippen LogP contribution in [0.4, 0.5) is 17.1 Å². The van der Waals surface area contributed by atoms with E-state index in [2.05, 4.69) is 213 Å². The van der Waals surface area contributed by atoms with Crippen molar-refractivity contribution in [2.75, 3.05) is 4.90 Å². The van der Waals surface area contributed by atoms with E-state index in [1.54, 1.807) is 0 Å². The molecule has 0 spiro atoms. The van der Waals surface area contributed by atoms with Gasteiger partial charge in [-0.05, 0) is 160 Å². The molecule has 7 aromatic carbocycles. The van der Waals surface area contributed by atoms with Gasteiger partial charge in [0.1, 0.15) is 0 Å². The average molecular weight is 776 g/mol. The Labute approximate surface area is 357 Å². The van der Waals surface area contributed by atoms with Crippen molar-refractivity contribution in [2.24, 2.45) is 0 Å². The highest BCUT2D eigenvalue weighted by Gasteiger charge is 2.41. The van der Waals surface area contributed by atoms with E-state index in [0.717, 1.165) is 19.3 Å². The number of hydrogen-bond donors (Lipinski definition) is 0. The Morgan fingerprint density at radius 2 is 1.18 bits per heavy atom. The Balaban J connectivity index is 0.926. The molecule has 0 N–H and O–H groups in total. The number of benzene rings is 7. The van der Waals surface area contributed by atoms with Gasteiger partial charge in [0.05, 0.1) is 0 Å². The predicted octanol–water partition coefficient (Wildman–Crippen LogP) is 16.1. The molecule has 1 atom stereocenters. The van der Waals surface area contributed by atoms with Crippen LogP contribution in [0.15, 0.2) is 194 Å². The minimum atomic E-state index is -0.0490. The van der Waals surface area contributed by atoms with Crippen LogP contribution in [0.3, 0.4) is 0 Å². The van der Waals surface area contributed by atoms with E-state index in [1.807, 2.05) is 0 Å². The zero-order chi connectivity index (χ0) is 40.5. The van der Waals surface area contributed by atoms with Gasteiger partial charge in [0.15, 0.2) is 0 Å². The van der Waals surface area contributed by atoms with E-state index in [1.165, 1.54) is 115 Å². The first-order valence-corrected chi connectivity index (χ1v) is 22.2. The van der Waals surface area contributed by atoms with Gasteiger partial charge in [-0.2, -0.15) is 0 Å². The Kier molecular flexibility index (Phi) is 10.3. The Morgan fingerprint density at radius 3 is 1.87 bits per heavy atom. The van der Waals surface area contributed by atoms with Crippen LogP contribution in [0.25, 0.3) is 39.5 Å². The average Bonchev–Trinajstić information content (AvgIpc) is 3.60. The minimum absolute atomic E-state index is 0.0490. The molecule has 0 amide bonds. The molecule has 10 rings (SSSR count). The van der Waals surface area contributed by atoms with E-state index >= 15 is 0 Å². The van der Waals surface area contributed by atoms with Crippen molar-refractivity contribution in [2.45, 2.75) is 70.1 Å². The molecular formula is C59H53N. The lowest BCUT2D eigenvalue weighted by Crippen LogP contribution is -2.23. The molecule has 0 saturated heterocycles. The number of nitrogens with zero attached hydrogens (tertiary/aromatic N) is 1. The van der Waals surface area contributed by atoms with Gasteiger partial charge in [0, 0.05) is 28.4 Å². The van der Waals surface area contributed by atoms with Crippen LogP contribution in [-0.4, -0.2) is 0 Å². The van der Waals surface area contributed by atoms with Crippen LogP contribution in [-0.2, 0) is 18.3 Å². The summed E-state index contributed by atoms with van der Waals surface area (Å²) in [5.74, 6) is 0.329. The SMILES string of the molecule is CCC1(CC)c2cc(/C=C/C3=CCC(c4ccc(-c5ccccc5)cc4-c4ccc5c(c4)CCCC5)C=C3)ccc2-c2ccc(N(c3ccccc3)c3ccccc3)cc21. The molecule has 0 heterocycles. The number of allylic oxidation sites excluding steroid dienone is 5. The Bertz CT molecular complexity index is 2710. The topological polar surface area (TPSA) is 3.24 Å². The van der Waals surface area contributed by atoms with Gasteiger partial charge in [-0.1, -0.05) is 166 Å². The summed E-state index contributed by atoms with van der Waals surface area (Å²) in [7, 11) is 0. The summed E-state index contributed by atoms with van der Waals surface area (Å²) in [5, 5.41) is 0. The van der Waals surface area contributed by atoms with Crippen molar-refractivity contribution in [3.63, 3.8) is 0 Å². The second kappa shape index (κ2) is 16.3. The van der Waals surface area contributed by atoms with Crippen LogP contribution in [0.2, 0.25) is 0 Å². The largest absolute Gasteiger partial charge is 0.310 e. The quantitative estimate of drug-likeness (QED) is 0.134. The highest BCUT2D eigenvalue weighted by molar-refractivity contribution is 5.87. The first-order valence-electron chi connectivity index (χ1n) is 22.2. The van der Waals surface area contributed by atoms with Crippen molar-refractivity contribution < 1.29 is 0 Å². The van der Waals surface area contributed by atoms with Gasteiger partial charge >= 0.3 is 0 Å². The van der Waals surface area contributed by atoms with Gasteiger partial charge in [0.2, 0.25) is 0 Å². The molecule has 0 aromatic heterocycles. The fraction of sp³-hybridized carbons (Fsp3) is 0.186. The summed E-state index contributed by atoms with van der Waals surface area (Å²) in [5.41, 5.74) is 21.4. The Hall–Kier alpha value is -6.44. The number of rotatable bonds is 10. The fourth-order valence-corrected chi connectivity index (χ4v) is 10.4. The molecule has 1 nitrogen and oxygen atoms in total. The first-order chi connectivity index (χ1) is 29.6. The van der Waals surface area contributed by atoms with E-state index in [9.17, 15) is 0 Å². The zero-order valence-electron chi connectivity index (χ0n) is 34.9. The van der Waals surface area contributed by atoms with Gasteiger partial charge in [0.25, 0.3) is 0 Å². The standard InChI is InChI=1S/C59H53N/c1-3-59(4-2)57-38-43(28-35-54(57)55-37-34-52(41-58(55)59)60(50-20-10-6-11-21-50)51-22-12-7-13-23-51)25-24-42-26-29-46(30-27-42)53-36-33-48(44-16-8-5-9-17-44)40-56(53)49-32-31-45-18-14-15-19-47(45)39-49/h5-13,16-17,20-29,31-41,46H,3-4,14-15,18-19,30H2,1-2H3/b25-24+. The second-order valence-corrected chi connectivity index (χ2v) is 16.9. The van der Waals surface area contributed by atoms with E-state index in [0.29, 0.717) is 5.92 Å². The molecule has 7 aromatic rings. The molecule has 1 unspecified atom stereocenters. The summed E-state index contributed by atoms with van der Waals surface area (Å²) < 4.78 is 0. The molecule has 3 aliphatic carbocycles. The number of hydrogen-bond acceptors (Lipinski definition) is 1. The maximum atomic E-state index is 2.49. The lowest BCUT2D eigenvalue weighted by molar-refractivity contribution is 0.490. The molecule has 3 aliphatic rings. The molecular weight excluding hydrogens is 723 g/mol. The van der Waals surface area contributed by atoms with E-state index < -0.39 is 0 Å². The maximum absolute atomic E-state index is 2.49. The third kappa shape index (κ3) is 6.97. The number of para-hydroxylation sites is 2.